The largest absolute Gasteiger partial charge is 0.330 e. The van der Waals surface area contributed by atoms with Gasteiger partial charge >= 0.3 is 6.03 Å². The van der Waals surface area contributed by atoms with Crippen molar-refractivity contribution >= 4 is 11.7 Å². The van der Waals surface area contributed by atoms with Crippen LogP contribution < -0.4 is 5.32 Å². The number of hydrogen-bond donors (Lipinski definition) is 1. The van der Waals surface area contributed by atoms with Crippen molar-refractivity contribution in [2.45, 2.75) is 39.2 Å². The molecule has 1 fully saturated rings. The second kappa shape index (κ2) is 8.47. The fraction of sp³-hybridized carbons (Fsp3) is 0.348. The van der Waals surface area contributed by atoms with Gasteiger partial charge in [-0.1, -0.05) is 6.07 Å². The lowest BCUT2D eigenvalue weighted by Crippen LogP contribution is -2.42. The number of piperidine rings is 1. The van der Waals surface area contributed by atoms with Crippen LogP contribution in [0, 0.1) is 13.8 Å². The molecule has 1 saturated heterocycles. The minimum atomic E-state index is -0.0369. The molecule has 1 aliphatic heterocycles. The van der Waals surface area contributed by atoms with Crippen molar-refractivity contribution in [3.63, 3.8) is 0 Å². The van der Waals surface area contributed by atoms with Gasteiger partial charge in [-0.15, -0.1) is 0 Å². The zero-order valence-electron chi connectivity index (χ0n) is 17.0. The molecule has 6 heteroatoms. The Balaban J connectivity index is 1.44. The molecule has 1 aliphatic rings. The number of carbonyl (C=O) groups excluding carboxylic acids is 1. The molecule has 0 bridgehead atoms. The van der Waals surface area contributed by atoms with E-state index in [4.69, 9.17) is 0 Å². The Labute approximate surface area is 171 Å². The van der Waals surface area contributed by atoms with Crippen LogP contribution in [0.25, 0.3) is 0 Å². The summed E-state index contributed by atoms with van der Waals surface area (Å²) < 4.78 is 2.19. The third kappa shape index (κ3) is 4.47. The van der Waals surface area contributed by atoms with Gasteiger partial charge in [0, 0.05) is 56.0 Å². The van der Waals surface area contributed by atoms with Crippen LogP contribution in [0.2, 0.25) is 0 Å². The van der Waals surface area contributed by atoms with Gasteiger partial charge in [0.15, 0.2) is 0 Å². The lowest BCUT2D eigenvalue weighted by molar-refractivity contribution is 0.190. The number of aromatic nitrogens is 3. The van der Waals surface area contributed by atoms with Crippen LogP contribution in [-0.2, 0) is 6.54 Å². The molecule has 3 heterocycles. The van der Waals surface area contributed by atoms with E-state index in [0.29, 0.717) is 6.54 Å². The van der Waals surface area contributed by atoms with E-state index >= 15 is 0 Å². The van der Waals surface area contributed by atoms with E-state index in [1.165, 1.54) is 16.7 Å². The lowest BCUT2D eigenvalue weighted by atomic mass is 9.97. The van der Waals surface area contributed by atoms with Gasteiger partial charge in [-0.3, -0.25) is 4.98 Å². The van der Waals surface area contributed by atoms with E-state index in [1.54, 1.807) is 0 Å². The number of urea groups is 1. The molecular weight excluding hydrogens is 362 g/mol. The summed E-state index contributed by atoms with van der Waals surface area (Å²) in [5.41, 5.74) is 4.44. The number of amides is 2. The second-order valence-corrected chi connectivity index (χ2v) is 7.78. The quantitative estimate of drug-likeness (QED) is 0.721. The number of likely N-dealkylation sites (tertiary alicyclic amines) is 1. The smallest absolute Gasteiger partial charge is 0.321 e. The third-order valence-corrected chi connectivity index (χ3v) is 5.68. The summed E-state index contributed by atoms with van der Waals surface area (Å²) in [6.45, 7) is 6.36. The maximum absolute atomic E-state index is 12.8. The fourth-order valence-corrected chi connectivity index (χ4v) is 3.89. The van der Waals surface area contributed by atoms with Gasteiger partial charge < -0.3 is 14.8 Å². The summed E-state index contributed by atoms with van der Waals surface area (Å²) in [5.74, 6) is 1.29. The third-order valence-electron chi connectivity index (χ3n) is 5.68. The molecule has 3 aromatic rings. The van der Waals surface area contributed by atoms with Crippen LogP contribution in [0.3, 0.4) is 0 Å². The number of rotatable bonds is 4. The highest BCUT2D eigenvalue weighted by Gasteiger charge is 2.27. The van der Waals surface area contributed by atoms with E-state index in [-0.39, 0.29) is 11.9 Å². The molecular formula is C23H27N5O. The Kier molecular flexibility index (Phi) is 5.60. The van der Waals surface area contributed by atoms with Crippen LogP contribution in [0.1, 0.15) is 41.3 Å². The average Bonchev–Trinajstić information content (AvgIpc) is 3.20. The van der Waals surface area contributed by atoms with Crippen LogP contribution in [-0.4, -0.2) is 38.6 Å². The molecule has 1 N–H and O–H groups in total. The average molecular weight is 390 g/mol. The number of nitrogens with zero attached hydrogens (tertiary/aromatic N) is 4. The number of pyridine rings is 1. The molecule has 29 heavy (non-hydrogen) atoms. The van der Waals surface area contributed by atoms with Crippen molar-refractivity contribution in [3.8, 4) is 0 Å². The van der Waals surface area contributed by atoms with Gasteiger partial charge in [-0.2, -0.15) is 0 Å². The molecule has 1 unspecified atom stereocenters. The number of hydrogen-bond acceptors (Lipinski definition) is 3. The van der Waals surface area contributed by atoms with Crippen molar-refractivity contribution < 1.29 is 4.79 Å². The number of aryl methyl sites for hydroxylation is 2. The van der Waals surface area contributed by atoms with Gasteiger partial charge in [-0.25, -0.2) is 9.78 Å². The van der Waals surface area contributed by atoms with Crippen molar-refractivity contribution in [3.05, 3.63) is 77.6 Å². The van der Waals surface area contributed by atoms with Crippen molar-refractivity contribution in [2.24, 2.45) is 0 Å². The molecule has 2 amide bonds. The van der Waals surface area contributed by atoms with Crippen molar-refractivity contribution in [2.75, 3.05) is 18.4 Å². The normalized spacial score (nSPS) is 16.6. The van der Waals surface area contributed by atoms with Gasteiger partial charge in [0.25, 0.3) is 0 Å². The Bertz CT molecular complexity index is 982. The molecule has 0 aliphatic carbocycles. The maximum Gasteiger partial charge on any atom is 0.321 e. The van der Waals surface area contributed by atoms with Crippen LogP contribution in [0.15, 0.2) is 55.1 Å². The van der Waals surface area contributed by atoms with Gasteiger partial charge in [0.05, 0.1) is 0 Å². The summed E-state index contributed by atoms with van der Waals surface area (Å²) in [4.78, 5) is 23.5. The van der Waals surface area contributed by atoms with E-state index < -0.39 is 0 Å². The number of nitrogens with one attached hydrogen (secondary N) is 1. The first-order valence-electron chi connectivity index (χ1n) is 10.1. The minimum Gasteiger partial charge on any atom is -0.330 e. The van der Waals surface area contributed by atoms with Crippen LogP contribution in [0.5, 0.6) is 0 Å². The standard InChI is InChI=1S/C23H27N5O/c1-17-5-6-21(14-18(17)2)26-23(29)28-12-3-4-20(16-28)22-25-11-13-27(22)15-19-7-9-24-10-8-19/h5-11,13-14,20H,3-4,12,15-16H2,1-2H3,(H,26,29). The SMILES string of the molecule is Cc1ccc(NC(=O)N2CCCC(c3nccn3Cc3ccncc3)C2)cc1C. The van der Waals surface area contributed by atoms with Gasteiger partial charge in [-0.05, 0) is 67.6 Å². The highest BCUT2D eigenvalue weighted by Crippen LogP contribution is 2.27. The molecule has 4 rings (SSSR count). The van der Waals surface area contributed by atoms with Gasteiger partial charge in [0.1, 0.15) is 5.82 Å². The van der Waals surface area contributed by atoms with Gasteiger partial charge in [0.2, 0.25) is 0 Å². The topological polar surface area (TPSA) is 63.1 Å². The molecule has 0 spiro atoms. The Morgan fingerprint density at radius 3 is 2.76 bits per heavy atom. The number of imidazole rings is 1. The maximum atomic E-state index is 12.8. The summed E-state index contributed by atoms with van der Waals surface area (Å²) in [5, 5.41) is 3.05. The Morgan fingerprint density at radius 2 is 1.97 bits per heavy atom. The molecule has 1 aromatic carbocycles. The molecule has 150 valence electrons. The second-order valence-electron chi connectivity index (χ2n) is 7.78. The van der Waals surface area contributed by atoms with E-state index in [2.05, 4.69) is 33.7 Å². The zero-order valence-corrected chi connectivity index (χ0v) is 17.0. The highest BCUT2D eigenvalue weighted by atomic mass is 16.2. The van der Waals surface area contributed by atoms with E-state index in [0.717, 1.165) is 37.4 Å². The monoisotopic (exact) mass is 389 g/mol. The predicted molar refractivity (Wildman–Crippen MR) is 114 cm³/mol. The molecule has 1 atom stereocenters. The summed E-state index contributed by atoms with van der Waals surface area (Å²) in [6, 6.07) is 10.0. The molecule has 0 saturated carbocycles. The molecule has 6 nitrogen and oxygen atoms in total. The summed E-state index contributed by atoms with van der Waals surface area (Å²) in [7, 11) is 0. The molecule has 0 radical (unpaired) electrons. The first-order chi connectivity index (χ1) is 14.1. The molecule has 2 aromatic heterocycles. The Hall–Kier alpha value is -3.15. The highest BCUT2D eigenvalue weighted by molar-refractivity contribution is 5.89. The fourth-order valence-electron chi connectivity index (χ4n) is 3.89. The number of carbonyl (C=O) groups is 1. The number of benzene rings is 1. The van der Waals surface area contributed by atoms with E-state index in [9.17, 15) is 4.79 Å². The zero-order chi connectivity index (χ0) is 20.2. The number of anilines is 1. The first kappa shape index (κ1) is 19.2. The van der Waals surface area contributed by atoms with E-state index in [1.807, 2.05) is 60.0 Å². The summed E-state index contributed by atoms with van der Waals surface area (Å²) in [6.07, 6.45) is 9.51. The first-order valence-corrected chi connectivity index (χ1v) is 10.1. The van der Waals surface area contributed by atoms with Crippen LogP contribution >= 0.6 is 0 Å². The van der Waals surface area contributed by atoms with Crippen LogP contribution in [0.4, 0.5) is 10.5 Å². The Morgan fingerprint density at radius 1 is 1.14 bits per heavy atom. The predicted octanol–water partition coefficient (Wildman–Crippen LogP) is 4.35. The van der Waals surface area contributed by atoms with Crippen molar-refractivity contribution in [1.82, 2.24) is 19.4 Å². The lowest BCUT2D eigenvalue weighted by Gasteiger charge is -2.32. The summed E-state index contributed by atoms with van der Waals surface area (Å²) >= 11 is 0. The van der Waals surface area contributed by atoms with Crippen molar-refractivity contribution in [1.29, 1.82) is 0 Å². The minimum absolute atomic E-state index is 0.0369.